The lowest BCUT2D eigenvalue weighted by molar-refractivity contribution is -0.152. The number of carbonyl (C=O) groups is 1. The SMILES string of the molecule is CC#CCC1(C(=O)O)CCOC1C1CC1. The van der Waals surface area contributed by atoms with Crippen molar-refractivity contribution in [2.45, 2.75) is 38.7 Å². The molecule has 2 aliphatic rings. The molecular weight excluding hydrogens is 192 g/mol. The fourth-order valence-electron chi connectivity index (χ4n) is 2.40. The van der Waals surface area contributed by atoms with Crippen LogP contribution in [0.2, 0.25) is 0 Å². The van der Waals surface area contributed by atoms with Gasteiger partial charge in [0, 0.05) is 13.0 Å². The molecule has 0 amide bonds. The number of carboxylic acid groups (broad SMARTS) is 1. The molecule has 0 bridgehead atoms. The minimum absolute atomic E-state index is 0.101. The molecular formula is C12H16O3. The standard InChI is InChI=1S/C12H16O3/c1-2-3-6-12(11(13)14)7-8-15-10(12)9-4-5-9/h9-10H,4-8H2,1H3,(H,13,14). The summed E-state index contributed by atoms with van der Waals surface area (Å²) in [4.78, 5) is 11.4. The molecule has 2 fully saturated rings. The second-order valence-electron chi connectivity index (χ2n) is 4.44. The van der Waals surface area contributed by atoms with E-state index < -0.39 is 11.4 Å². The molecule has 1 saturated heterocycles. The number of aliphatic carboxylic acids is 1. The van der Waals surface area contributed by atoms with E-state index >= 15 is 0 Å². The van der Waals surface area contributed by atoms with Crippen LogP contribution in [0.5, 0.6) is 0 Å². The second-order valence-corrected chi connectivity index (χ2v) is 4.44. The van der Waals surface area contributed by atoms with Crippen LogP contribution in [0.15, 0.2) is 0 Å². The highest BCUT2D eigenvalue weighted by atomic mass is 16.5. The molecule has 1 saturated carbocycles. The van der Waals surface area contributed by atoms with Crippen molar-refractivity contribution in [1.82, 2.24) is 0 Å². The van der Waals surface area contributed by atoms with Gasteiger partial charge in [-0.05, 0) is 32.1 Å². The predicted molar refractivity (Wildman–Crippen MR) is 55.2 cm³/mol. The van der Waals surface area contributed by atoms with E-state index in [1.54, 1.807) is 6.92 Å². The van der Waals surface area contributed by atoms with Gasteiger partial charge in [-0.3, -0.25) is 4.79 Å². The van der Waals surface area contributed by atoms with Crippen molar-refractivity contribution in [3.63, 3.8) is 0 Å². The zero-order chi connectivity index (χ0) is 10.9. The predicted octanol–water partition coefficient (Wildman–Crippen LogP) is 1.67. The summed E-state index contributed by atoms with van der Waals surface area (Å²) in [6.45, 7) is 2.32. The topological polar surface area (TPSA) is 46.5 Å². The highest BCUT2D eigenvalue weighted by Crippen LogP contribution is 2.49. The molecule has 1 aliphatic carbocycles. The van der Waals surface area contributed by atoms with E-state index in [1.807, 2.05) is 0 Å². The van der Waals surface area contributed by atoms with Crippen LogP contribution in [-0.2, 0) is 9.53 Å². The molecule has 2 unspecified atom stereocenters. The summed E-state index contributed by atoms with van der Waals surface area (Å²) in [6, 6.07) is 0. The van der Waals surface area contributed by atoms with Crippen molar-refractivity contribution in [1.29, 1.82) is 0 Å². The average Bonchev–Trinajstić information content (AvgIpc) is 2.96. The highest BCUT2D eigenvalue weighted by Gasteiger charge is 2.55. The van der Waals surface area contributed by atoms with Gasteiger partial charge in [-0.25, -0.2) is 0 Å². The third kappa shape index (κ3) is 1.74. The van der Waals surface area contributed by atoms with Gasteiger partial charge >= 0.3 is 5.97 Å². The van der Waals surface area contributed by atoms with Crippen molar-refractivity contribution >= 4 is 5.97 Å². The maximum Gasteiger partial charge on any atom is 0.313 e. The van der Waals surface area contributed by atoms with Crippen LogP contribution in [0.3, 0.4) is 0 Å². The summed E-state index contributed by atoms with van der Waals surface area (Å²) in [5.41, 5.74) is -0.732. The van der Waals surface area contributed by atoms with Crippen LogP contribution in [-0.4, -0.2) is 23.8 Å². The van der Waals surface area contributed by atoms with E-state index in [-0.39, 0.29) is 6.10 Å². The Kier molecular flexibility index (Phi) is 2.70. The second kappa shape index (κ2) is 3.86. The van der Waals surface area contributed by atoms with E-state index in [2.05, 4.69) is 11.8 Å². The largest absolute Gasteiger partial charge is 0.481 e. The Morgan fingerprint density at radius 2 is 2.33 bits per heavy atom. The van der Waals surface area contributed by atoms with E-state index in [0.29, 0.717) is 25.4 Å². The fraction of sp³-hybridized carbons (Fsp3) is 0.750. The molecule has 1 N–H and O–H groups in total. The Labute approximate surface area is 89.8 Å². The first-order chi connectivity index (χ1) is 7.20. The van der Waals surface area contributed by atoms with Crippen molar-refractivity contribution in [3.8, 4) is 11.8 Å². The molecule has 2 rings (SSSR count). The molecule has 3 heteroatoms. The first kappa shape index (κ1) is 10.5. The quantitative estimate of drug-likeness (QED) is 0.718. The Morgan fingerprint density at radius 1 is 1.60 bits per heavy atom. The fourth-order valence-corrected chi connectivity index (χ4v) is 2.40. The monoisotopic (exact) mass is 208 g/mol. The normalized spacial score (nSPS) is 34.6. The van der Waals surface area contributed by atoms with Crippen LogP contribution in [0.1, 0.15) is 32.6 Å². The van der Waals surface area contributed by atoms with E-state index in [1.165, 1.54) is 0 Å². The molecule has 3 nitrogen and oxygen atoms in total. The van der Waals surface area contributed by atoms with Gasteiger partial charge in [-0.2, -0.15) is 0 Å². The Balaban J connectivity index is 2.21. The van der Waals surface area contributed by atoms with Gasteiger partial charge in [0.1, 0.15) is 5.41 Å². The lowest BCUT2D eigenvalue weighted by Gasteiger charge is -2.27. The number of hydrogen-bond donors (Lipinski definition) is 1. The third-order valence-corrected chi connectivity index (χ3v) is 3.45. The van der Waals surface area contributed by atoms with E-state index in [9.17, 15) is 9.90 Å². The van der Waals surface area contributed by atoms with Gasteiger partial charge in [0.2, 0.25) is 0 Å². The minimum Gasteiger partial charge on any atom is -0.481 e. The maximum atomic E-state index is 11.4. The summed E-state index contributed by atoms with van der Waals surface area (Å²) in [5.74, 6) is 5.42. The summed E-state index contributed by atoms with van der Waals surface area (Å²) in [6.07, 6.45) is 3.16. The number of carboxylic acids is 1. The summed E-state index contributed by atoms with van der Waals surface area (Å²) in [7, 11) is 0. The van der Waals surface area contributed by atoms with Crippen LogP contribution in [0.25, 0.3) is 0 Å². The molecule has 0 radical (unpaired) electrons. The molecule has 0 aromatic carbocycles. The van der Waals surface area contributed by atoms with E-state index in [0.717, 1.165) is 12.8 Å². The van der Waals surface area contributed by atoms with Crippen LogP contribution >= 0.6 is 0 Å². The molecule has 0 spiro atoms. The van der Waals surface area contributed by atoms with Gasteiger partial charge in [0.15, 0.2) is 0 Å². The minimum atomic E-state index is -0.736. The van der Waals surface area contributed by atoms with Gasteiger partial charge < -0.3 is 9.84 Å². The summed E-state index contributed by atoms with van der Waals surface area (Å²) < 4.78 is 5.60. The number of ether oxygens (including phenoxy) is 1. The van der Waals surface area contributed by atoms with Gasteiger partial charge in [0.05, 0.1) is 6.10 Å². The molecule has 0 aromatic heterocycles. The summed E-state index contributed by atoms with van der Waals surface area (Å²) >= 11 is 0. The summed E-state index contributed by atoms with van der Waals surface area (Å²) in [5, 5.41) is 9.39. The number of hydrogen-bond acceptors (Lipinski definition) is 2. The maximum absolute atomic E-state index is 11.4. The number of rotatable bonds is 3. The lowest BCUT2D eigenvalue weighted by Crippen LogP contribution is -2.40. The zero-order valence-corrected chi connectivity index (χ0v) is 8.95. The first-order valence-corrected chi connectivity index (χ1v) is 5.45. The molecule has 0 aromatic rings. The Hall–Kier alpha value is -1.01. The molecule has 82 valence electrons. The van der Waals surface area contributed by atoms with Crippen LogP contribution < -0.4 is 0 Å². The zero-order valence-electron chi connectivity index (χ0n) is 8.95. The molecule has 15 heavy (non-hydrogen) atoms. The van der Waals surface area contributed by atoms with Crippen molar-refractivity contribution < 1.29 is 14.6 Å². The van der Waals surface area contributed by atoms with E-state index in [4.69, 9.17) is 4.74 Å². The third-order valence-electron chi connectivity index (χ3n) is 3.45. The average molecular weight is 208 g/mol. The smallest absolute Gasteiger partial charge is 0.313 e. The Bertz CT molecular complexity index is 321. The highest BCUT2D eigenvalue weighted by molar-refractivity contribution is 5.76. The van der Waals surface area contributed by atoms with Crippen molar-refractivity contribution in [2.24, 2.45) is 11.3 Å². The van der Waals surface area contributed by atoms with Crippen molar-refractivity contribution in [3.05, 3.63) is 0 Å². The van der Waals surface area contributed by atoms with Gasteiger partial charge in [-0.1, -0.05) is 0 Å². The first-order valence-electron chi connectivity index (χ1n) is 5.45. The molecule has 1 aliphatic heterocycles. The molecule has 1 heterocycles. The van der Waals surface area contributed by atoms with Crippen molar-refractivity contribution in [2.75, 3.05) is 6.61 Å². The lowest BCUT2D eigenvalue weighted by atomic mass is 9.76. The van der Waals surface area contributed by atoms with Crippen LogP contribution in [0.4, 0.5) is 0 Å². The van der Waals surface area contributed by atoms with Gasteiger partial charge in [0.25, 0.3) is 0 Å². The van der Waals surface area contributed by atoms with Gasteiger partial charge in [-0.15, -0.1) is 11.8 Å². The molecule has 2 atom stereocenters. The van der Waals surface area contributed by atoms with Crippen LogP contribution in [0, 0.1) is 23.2 Å². The Morgan fingerprint density at radius 3 is 2.87 bits per heavy atom.